The van der Waals surface area contributed by atoms with E-state index in [-0.39, 0.29) is 13.2 Å². The number of carbonyl (C=O) groups excluding carboxylic acids is 2. The summed E-state index contributed by atoms with van der Waals surface area (Å²) in [6.07, 6.45) is -10.8. The summed E-state index contributed by atoms with van der Waals surface area (Å²) in [5.41, 5.74) is 0.739. The van der Waals surface area contributed by atoms with Gasteiger partial charge in [0.2, 0.25) is 0 Å². The highest BCUT2D eigenvalue weighted by molar-refractivity contribution is 5.98. The zero-order valence-corrected chi connectivity index (χ0v) is 23.8. The van der Waals surface area contributed by atoms with Crippen molar-refractivity contribution in [3.63, 3.8) is 0 Å². The van der Waals surface area contributed by atoms with Gasteiger partial charge in [0.1, 0.15) is 36.6 Å². The van der Waals surface area contributed by atoms with Crippen molar-refractivity contribution in [2.45, 2.75) is 99.9 Å². The van der Waals surface area contributed by atoms with Gasteiger partial charge in [-0.2, -0.15) is 0 Å². The molecule has 0 saturated carbocycles. The van der Waals surface area contributed by atoms with E-state index in [0.717, 1.165) is 25.7 Å². The standard InChI is InChI=1S/C28H42N2O12/c1-29-15-9-11-16(12-10-15)30(2)26(38)24-20(34)18(32)22(36)28(42-24)40-14-8-6-4-3-5-7-13-39-27-21(35)17(31)19(33)23(41-27)25(29)37/h9-12,17-24,27-28,31-36H,3-8,13-14H2,1-2H3/t17-,18-,19-,20-,21+,22+,23-,24-,27-,28-/m0/s1. The minimum atomic E-state index is -1.69. The summed E-state index contributed by atoms with van der Waals surface area (Å²) in [4.78, 5) is 29.0. The van der Waals surface area contributed by atoms with Crippen molar-refractivity contribution >= 4 is 23.2 Å². The summed E-state index contributed by atoms with van der Waals surface area (Å²) in [6.45, 7) is 0.425. The average molecular weight is 599 g/mol. The van der Waals surface area contributed by atoms with Crippen LogP contribution in [0.2, 0.25) is 0 Å². The van der Waals surface area contributed by atoms with Crippen LogP contribution in [-0.4, -0.2) is 131 Å². The number of rotatable bonds is 0. The molecule has 6 bridgehead atoms. The minimum absolute atomic E-state index is 0.213. The Hall–Kier alpha value is -2.24. The van der Waals surface area contributed by atoms with Crippen molar-refractivity contribution < 1.29 is 59.2 Å². The number of anilines is 2. The number of amides is 2. The molecule has 236 valence electrons. The van der Waals surface area contributed by atoms with E-state index in [1.54, 1.807) is 0 Å². The Labute approximate surface area is 244 Å². The predicted octanol–water partition coefficient (Wildman–Crippen LogP) is -1.39. The van der Waals surface area contributed by atoms with Gasteiger partial charge in [0, 0.05) is 38.7 Å². The van der Waals surface area contributed by atoms with Crippen LogP contribution in [0, 0.1) is 0 Å². The fourth-order valence-electron chi connectivity index (χ4n) is 5.23. The third-order valence-corrected chi connectivity index (χ3v) is 8.01. The van der Waals surface area contributed by atoms with Crippen LogP contribution in [-0.2, 0) is 28.5 Å². The molecule has 6 N–H and O–H groups in total. The van der Waals surface area contributed by atoms with Gasteiger partial charge in [0.15, 0.2) is 24.8 Å². The molecule has 1 aromatic rings. The lowest BCUT2D eigenvalue weighted by atomic mass is 9.97. The maximum atomic E-state index is 13.3. The molecule has 14 heteroatoms. The smallest absolute Gasteiger partial charge is 0.258 e. The molecule has 4 heterocycles. The number of aliphatic hydroxyl groups is 6. The first-order valence-electron chi connectivity index (χ1n) is 14.3. The van der Waals surface area contributed by atoms with Crippen LogP contribution < -0.4 is 9.80 Å². The summed E-state index contributed by atoms with van der Waals surface area (Å²) >= 11 is 0. The van der Waals surface area contributed by atoms with Crippen molar-refractivity contribution in [3.8, 4) is 0 Å². The van der Waals surface area contributed by atoms with Crippen molar-refractivity contribution in [2.24, 2.45) is 0 Å². The Bertz CT molecular complexity index is 963. The van der Waals surface area contributed by atoms with E-state index in [4.69, 9.17) is 18.9 Å². The van der Waals surface area contributed by atoms with Gasteiger partial charge in [-0.15, -0.1) is 0 Å². The Morgan fingerprint density at radius 2 is 0.881 bits per heavy atom. The van der Waals surface area contributed by atoms with Crippen LogP contribution in [0.15, 0.2) is 24.3 Å². The highest BCUT2D eigenvalue weighted by Gasteiger charge is 2.49. The quantitative estimate of drug-likeness (QED) is 0.205. The lowest BCUT2D eigenvalue weighted by Gasteiger charge is -2.40. The summed E-state index contributed by atoms with van der Waals surface area (Å²) in [6, 6.07) is 6.14. The Kier molecular flexibility index (Phi) is 11.3. The predicted molar refractivity (Wildman–Crippen MR) is 146 cm³/mol. The summed E-state index contributed by atoms with van der Waals surface area (Å²) in [5.74, 6) is -1.38. The molecule has 0 spiro atoms. The van der Waals surface area contributed by atoms with Gasteiger partial charge in [-0.3, -0.25) is 9.59 Å². The number of nitrogens with zero attached hydrogens (tertiary/aromatic N) is 2. The topological polar surface area (TPSA) is 199 Å². The first-order valence-corrected chi connectivity index (χ1v) is 14.3. The second-order valence-corrected chi connectivity index (χ2v) is 11.0. The molecule has 2 fully saturated rings. The maximum Gasteiger partial charge on any atom is 0.258 e. The Balaban J connectivity index is 1.54. The molecule has 1 aromatic carbocycles. The van der Waals surface area contributed by atoms with Crippen LogP contribution in [0.25, 0.3) is 0 Å². The van der Waals surface area contributed by atoms with E-state index in [0.29, 0.717) is 24.2 Å². The molecular weight excluding hydrogens is 556 g/mol. The number of hydrogen-bond acceptors (Lipinski definition) is 12. The van der Waals surface area contributed by atoms with E-state index < -0.39 is 73.2 Å². The van der Waals surface area contributed by atoms with E-state index in [1.807, 2.05) is 0 Å². The van der Waals surface area contributed by atoms with E-state index in [9.17, 15) is 40.2 Å². The van der Waals surface area contributed by atoms with Gasteiger partial charge in [0.05, 0.1) is 0 Å². The van der Waals surface area contributed by atoms with Crippen molar-refractivity contribution in [3.05, 3.63) is 24.3 Å². The molecule has 0 unspecified atom stereocenters. The van der Waals surface area contributed by atoms with Gasteiger partial charge in [-0.25, -0.2) is 0 Å². The first-order chi connectivity index (χ1) is 20.0. The number of carbonyl (C=O) groups is 2. The zero-order valence-electron chi connectivity index (χ0n) is 23.8. The third-order valence-electron chi connectivity index (χ3n) is 8.01. The second kappa shape index (κ2) is 14.5. The molecule has 0 aliphatic carbocycles. The second-order valence-electron chi connectivity index (χ2n) is 11.0. The molecule has 0 aromatic heterocycles. The average Bonchev–Trinajstić information content (AvgIpc) is 2.99. The molecule has 4 aliphatic rings. The molecular formula is C28H42N2O12. The van der Waals surface area contributed by atoms with E-state index >= 15 is 0 Å². The number of benzene rings is 1. The normalized spacial score (nSPS) is 38.3. The highest BCUT2D eigenvalue weighted by atomic mass is 16.7. The van der Waals surface area contributed by atoms with Crippen LogP contribution in [0.1, 0.15) is 38.5 Å². The number of fused-ring (bicyclic) bond motifs is 13. The van der Waals surface area contributed by atoms with Crippen molar-refractivity contribution in [2.75, 3.05) is 37.1 Å². The van der Waals surface area contributed by atoms with Crippen molar-refractivity contribution in [1.29, 1.82) is 0 Å². The maximum absolute atomic E-state index is 13.3. The van der Waals surface area contributed by atoms with Gasteiger partial charge >= 0.3 is 0 Å². The highest BCUT2D eigenvalue weighted by Crippen LogP contribution is 2.28. The van der Waals surface area contributed by atoms with Crippen molar-refractivity contribution in [1.82, 2.24) is 0 Å². The SMILES string of the molecule is CN1C(=O)[C@H]2O[C@H](OCCCCCCCCO[C@H]3O[C@H](C(=O)N(C)c4ccc1cc4)[C@@H](O)[C@H](O)[C@H]3O)[C@H](O)[C@@H](O)[C@@H]2O. The number of aliphatic hydroxyl groups excluding tert-OH is 6. The molecule has 42 heavy (non-hydrogen) atoms. The van der Waals surface area contributed by atoms with Crippen LogP contribution in [0.4, 0.5) is 11.4 Å². The molecule has 2 saturated heterocycles. The summed E-state index contributed by atoms with van der Waals surface area (Å²) in [5, 5.41) is 62.5. The van der Waals surface area contributed by atoms with Crippen LogP contribution in [0.5, 0.6) is 0 Å². The molecule has 5 rings (SSSR count). The third kappa shape index (κ3) is 7.10. The Morgan fingerprint density at radius 3 is 1.24 bits per heavy atom. The van der Waals surface area contributed by atoms with Crippen LogP contribution >= 0.6 is 0 Å². The molecule has 2 amide bonds. The number of hydrogen-bond donors (Lipinski definition) is 6. The number of likely N-dealkylation sites (N-methyl/N-ethyl adjacent to an activating group) is 2. The fourth-order valence-corrected chi connectivity index (χ4v) is 5.23. The van der Waals surface area contributed by atoms with Gasteiger partial charge in [0.25, 0.3) is 11.8 Å². The van der Waals surface area contributed by atoms with Gasteiger partial charge in [-0.05, 0) is 37.1 Å². The van der Waals surface area contributed by atoms with E-state index in [1.165, 1.54) is 48.2 Å². The number of ether oxygens (including phenoxy) is 4. The molecule has 4 aliphatic heterocycles. The van der Waals surface area contributed by atoms with Crippen LogP contribution in [0.3, 0.4) is 0 Å². The molecule has 10 atom stereocenters. The monoisotopic (exact) mass is 598 g/mol. The first kappa shape index (κ1) is 32.7. The zero-order chi connectivity index (χ0) is 30.6. The van der Waals surface area contributed by atoms with E-state index in [2.05, 4.69) is 0 Å². The largest absolute Gasteiger partial charge is 0.387 e. The van der Waals surface area contributed by atoms with Gasteiger partial charge in [-0.1, -0.05) is 25.7 Å². The lowest BCUT2D eigenvalue weighted by molar-refractivity contribution is -0.290. The lowest BCUT2D eigenvalue weighted by Crippen LogP contribution is -2.62. The van der Waals surface area contributed by atoms with Gasteiger partial charge < -0.3 is 59.4 Å². The summed E-state index contributed by atoms with van der Waals surface area (Å²) < 4.78 is 22.5. The minimum Gasteiger partial charge on any atom is -0.387 e. The fraction of sp³-hybridized carbons (Fsp3) is 0.714. The summed E-state index contributed by atoms with van der Waals surface area (Å²) in [7, 11) is 2.89. The molecule has 0 radical (unpaired) electrons. The Morgan fingerprint density at radius 1 is 0.548 bits per heavy atom. The molecule has 14 nitrogen and oxygen atoms in total.